The van der Waals surface area contributed by atoms with E-state index >= 15 is 0 Å². The zero-order valence-corrected chi connectivity index (χ0v) is 10.8. The van der Waals surface area contributed by atoms with Crippen LogP contribution in [0.1, 0.15) is 42.7 Å². The second-order valence-corrected chi connectivity index (χ2v) is 4.92. The van der Waals surface area contributed by atoms with E-state index in [0.29, 0.717) is 17.4 Å². The van der Waals surface area contributed by atoms with Gasteiger partial charge in [0.2, 0.25) is 0 Å². The Morgan fingerprint density at radius 1 is 1.41 bits per heavy atom. The number of rotatable bonds is 3. The first-order chi connectivity index (χ1) is 8.26. The van der Waals surface area contributed by atoms with E-state index in [4.69, 9.17) is 21.6 Å². The van der Waals surface area contributed by atoms with Crippen molar-refractivity contribution in [1.82, 2.24) is 0 Å². The molecular formula is C14H16ClNO. The maximum Gasteiger partial charge on any atom is 0.140 e. The summed E-state index contributed by atoms with van der Waals surface area (Å²) >= 11 is 6.21. The fourth-order valence-corrected chi connectivity index (χ4v) is 2.95. The Hall–Kier alpha value is -1.20. The van der Waals surface area contributed by atoms with Crippen LogP contribution in [0.2, 0.25) is 5.02 Å². The van der Waals surface area contributed by atoms with Crippen LogP contribution in [-0.4, -0.2) is 7.11 Å². The Kier molecular flexibility index (Phi) is 3.91. The smallest absolute Gasteiger partial charge is 0.140 e. The lowest BCUT2D eigenvalue weighted by Gasteiger charge is -2.17. The molecule has 0 N–H and O–H groups in total. The Labute approximate surface area is 107 Å². The average molecular weight is 250 g/mol. The van der Waals surface area contributed by atoms with Crippen LogP contribution in [0.25, 0.3) is 0 Å². The lowest BCUT2D eigenvalue weighted by atomic mass is 9.94. The first-order valence-electron chi connectivity index (χ1n) is 5.99. The predicted octanol–water partition coefficient (Wildman–Crippen LogP) is 4.07. The number of nitriles is 1. The zero-order valence-electron chi connectivity index (χ0n) is 10.0. The highest BCUT2D eigenvalue weighted by molar-refractivity contribution is 6.32. The summed E-state index contributed by atoms with van der Waals surface area (Å²) in [6.45, 7) is 0. The largest absolute Gasteiger partial charge is 0.495 e. The molecule has 3 heteroatoms. The van der Waals surface area contributed by atoms with Crippen LogP contribution in [0.15, 0.2) is 12.1 Å². The molecule has 0 saturated heterocycles. The summed E-state index contributed by atoms with van der Waals surface area (Å²) in [5.41, 5.74) is 2.17. The first kappa shape index (κ1) is 12.3. The highest BCUT2D eigenvalue weighted by Crippen LogP contribution is 2.42. The normalized spacial score (nSPS) is 15.8. The highest BCUT2D eigenvalue weighted by atomic mass is 35.5. The minimum Gasteiger partial charge on any atom is -0.495 e. The minimum atomic E-state index is 0.406. The Morgan fingerprint density at radius 2 is 2.12 bits per heavy atom. The van der Waals surface area contributed by atoms with E-state index in [1.54, 1.807) is 7.11 Å². The molecule has 1 saturated carbocycles. The predicted molar refractivity (Wildman–Crippen MR) is 68.5 cm³/mol. The fraction of sp³-hybridized carbons (Fsp3) is 0.500. The van der Waals surface area contributed by atoms with E-state index in [1.165, 1.54) is 31.2 Å². The van der Waals surface area contributed by atoms with Gasteiger partial charge in [-0.25, -0.2) is 0 Å². The summed E-state index contributed by atoms with van der Waals surface area (Å²) in [7, 11) is 1.66. The van der Waals surface area contributed by atoms with E-state index in [1.807, 2.05) is 6.07 Å². The molecule has 17 heavy (non-hydrogen) atoms. The van der Waals surface area contributed by atoms with Gasteiger partial charge in [0, 0.05) is 0 Å². The van der Waals surface area contributed by atoms with Gasteiger partial charge in [-0.15, -0.1) is 0 Å². The van der Waals surface area contributed by atoms with E-state index in [0.717, 1.165) is 11.3 Å². The van der Waals surface area contributed by atoms with Crippen molar-refractivity contribution in [2.45, 2.75) is 38.0 Å². The van der Waals surface area contributed by atoms with E-state index in [-0.39, 0.29) is 0 Å². The van der Waals surface area contributed by atoms with E-state index in [2.05, 4.69) is 12.1 Å². The van der Waals surface area contributed by atoms with Gasteiger partial charge in [-0.3, -0.25) is 0 Å². The molecule has 1 fully saturated rings. The summed E-state index contributed by atoms with van der Waals surface area (Å²) in [5, 5.41) is 9.40. The molecule has 90 valence electrons. The van der Waals surface area contributed by atoms with Gasteiger partial charge in [-0.2, -0.15) is 5.26 Å². The third kappa shape index (κ3) is 2.56. The Morgan fingerprint density at radius 3 is 2.71 bits per heavy atom. The maximum absolute atomic E-state index is 8.77. The van der Waals surface area contributed by atoms with Crippen LogP contribution in [-0.2, 0) is 6.42 Å². The maximum atomic E-state index is 8.77. The number of benzene rings is 1. The molecular weight excluding hydrogens is 234 g/mol. The number of ether oxygens (including phenoxy) is 1. The van der Waals surface area contributed by atoms with E-state index < -0.39 is 0 Å². The number of methoxy groups -OCH3 is 1. The summed E-state index contributed by atoms with van der Waals surface area (Å²) in [5.74, 6) is 1.33. The standard InChI is InChI=1S/C14H16ClNO/c1-17-14-12(11-4-2-3-5-11)8-10(6-7-16)9-13(14)15/h8-9,11H,2-6H2,1H3. The number of hydrogen-bond acceptors (Lipinski definition) is 2. The topological polar surface area (TPSA) is 33.0 Å². The number of nitrogens with zero attached hydrogens (tertiary/aromatic N) is 1. The molecule has 0 radical (unpaired) electrons. The van der Waals surface area contributed by atoms with Gasteiger partial charge in [0.15, 0.2) is 0 Å². The Balaban J connectivity index is 2.42. The molecule has 0 bridgehead atoms. The lowest BCUT2D eigenvalue weighted by Crippen LogP contribution is -2.00. The van der Waals surface area contributed by atoms with Crippen LogP contribution >= 0.6 is 11.6 Å². The molecule has 0 amide bonds. The molecule has 0 heterocycles. The summed E-state index contributed by atoms with van der Waals surface area (Å²) < 4.78 is 5.41. The average Bonchev–Trinajstić information content (AvgIpc) is 2.82. The van der Waals surface area contributed by atoms with Crippen molar-refractivity contribution >= 4 is 11.6 Å². The van der Waals surface area contributed by atoms with Crippen LogP contribution < -0.4 is 4.74 Å². The summed E-state index contributed by atoms with van der Waals surface area (Å²) in [4.78, 5) is 0. The van der Waals surface area contributed by atoms with Crippen molar-refractivity contribution in [2.75, 3.05) is 7.11 Å². The molecule has 1 aliphatic rings. The molecule has 0 aromatic heterocycles. The van der Waals surface area contributed by atoms with Gasteiger partial charge in [0.1, 0.15) is 5.75 Å². The first-order valence-corrected chi connectivity index (χ1v) is 6.37. The van der Waals surface area contributed by atoms with Crippen LogP contribution in [0, 0.1) is 11.3 Å². The van der Waals surface area contributed by atoms with E-state index in [9.17, 15) is 0 Å². The second-order valence-electron chi connectivity index (χ2n) is 4.52. The number of halogens is 1. The quantitative estimate of drug-likeness (QED) is 0.809. The van der Waals surface area contributed by atoms with Gasteiger partial charge in [-0.05, 0) is 36.0 Å². The van der Waals surface area contributed by atoms with Gasteiger partial charge in [0.25, 0.3) is 0 Å². The van der Waals surface area contributed by atoms with Crippen molar-refractivity contribution in [3.63, 3.8) is 0 Å². The molecule has 1 aromatic carbocycles. The minimum absolute atomic E-state index is 0.406. The monoisotopic (exact) mass is 249 g/mol. The highest BCUT2D eigenvalue weighted by Gasteiger charge is 2.22. The van der Waals surface area contributed by atoms with Gasteiger partial charge in [-0.1, -0.05) is 30.5 Å². The third-order valence-electron chi connectivity index (χ3n) is 3.41. The van der Waals surface area contributed by atoms with Gasteiger partial charge < -0.3 is 4.74 Å². The van der Waals surface area contributed by atoms with Gasteiger partial charge in [0.05, 0.1) is 24.6 Å². The van der Waals surface area contributed by atoms with Crippen molar-refractivity contribution in [1.29, 1.82) is 5.26 Å². The molecule has 0 aliphatic heterocycles. The molecule has 0 spiro atoms. The molecule has 1 aliphatic carbocycles. The SMILES string of the molecule is COc1c(Cl)cc(CC#N)cc1C1CCCC1. The zero-order chi connectivity index (χ0) is 12.3. The van der Waals surface area contributed by atoms with Crippen LogP contribution in [0.4, 0.5) is 0 Å². The molecule has 2 nitrogen and oxygen atoms in total. The van der Waals surface area contributed by atoms with Gasteiger partial charge >= 0.3 is 0 Å². The van der Waals surface area contributed by atoms with Crippen LogP contribution in [0.3, 0.4) is 0 Å². The third-order valence-corrected chi connectivity index (χ3v) is 3.70. The van der Waals surface area contributed by atoms with Crippen molar-refractivity contribution in [3.05, 3.63) is 28.3 Å². The number of hydrogen-bond donors (Lipinski definition) is 0. The molecule has 1 aromatic rings. The summed E-state index contributed by atoms with van der Waals surface area (Å²) in [6.07, 6.45) is 5.34. The summed E-state index contributed by atoms with van der Waals surface area (Å²) in [6, 6.07) is 6.09. The fourth-order valence-electron chi connectivity index (χ4n) is 2.62. The van der Waals surface area contributed by atoms with Crippen molar-refractivity contribution in [2.24, 2.45) is 0 Å². The molecule has 0 atom stereocenters. The van der Waals surface area contributed by atoms with Crippen molar-refractivity contribution in [3.8, 4) is 11.8 Å². The van der Waals surface area contributed by atoms with Crippen molar-refractivity contribution < 1.29 is 4.74 Å². The Bertz CT molecular complexity index is 444. The molecule has 2 rings (SSSR count). The van der Waals surface area contributed by atoms with Crippen LogP contribution in [0.5, 0.6) is 5.75 Å². The second kappa shape index (κ2) is 5.42. The lowest BCUT2D eigenvalue weighted by molar-refractivity contribution is 0.405. The molecule has 0 unspecified atom stereocenters.